The average molecular weight is 414 g/mol. The fourth-order valence-electron chi connectivity index (χ4n) is 4.05. The largest absolute Gasteiger partial charge is 0.353 e. The van der Waals surface area contributed by atoms with Crippen LogP contribution in [0.4, 0.5) is 20.3 Å². The van der Waals surface area contributed by atoms with Gasteiger partial charge in [0.25, 0.3) is 5.91 Å². The second-order valence-electron chi connectivity index (χ2n) is 7.78. The Kier molecular flexibility index (Phi) is 5.92. The van der Waals surface area contributed by atoms with E-state index in [1.165, 1.54) is 6.07 Å². The van der Waals surface area contributed by atoms with E-state index >= 15 is 0 Å². The fraction of sp³-hybridized carbons (Fsp3) is 0.409. The predicted molar refractivity (Wildman–Crippen MR) is 109 cm³/mol. The number of halogens is 2. The third kappa shape index (κ3) is 4.42. The fourth-order valence-corrected chi connectivity index (χ4v) is 4.05. The highest BCUT2D eigenvalue weighted by Crippen LogP contribution is 2.26. The van der Waals surface area contributed by atoms with E-state index in [4.69, 9.17) is 0 Å². The molecule has 158 valence electrons. The zero-order chi connectivity index (χ0) is 21.1. The number of hydrogen-bond donors (Lipinski definition) is 1. The van der Waals surface area contributed by atoms with Crippen molar-refractivity contribution >= 4 is 23.3 Å². The van der Waals surface area contributed by atoms with Crippen LogP contribution in [0.15, 0.2) is 36.5 Å². The van der Waals surface area contributed by atoms with Gasteiger partial charge in [0.05, 0.1) is 17.4 Å². The second-order valence-corrected chi connectivity index (χ2v) is 7.78. The summed E-state index contributed by atoms with van der Waals surface area (Å²) in [5.74, 6) is -1.08. The average Bonchev–Trinajstić information content (AvgIpc) is 3.29. The van der Waals surface area contributed by atoms with E-state index in [2.05, 4.69) is 10.3 Å². The van der Waals surface area contributed by atoms with Crippen LogP contribution >= 0.6 is 0 Å². The minimum Gasteiger partial charge on any atom is -0.353 e. The van der Waals surface area contributed by atoms with E-state index in [0.29, 0.717) is 31.9 Å². The van der Waals surface area contributed by atoms with Crippen molar-refractivity contribution in [1.82, 2.24) is 9.88 Å². The molecule has 6 nitrogen and oxygen atoms in total. The van der Waals surface area contributed by atoms with Gasteiger partial charge in [-0.1, -0.05) is 12.8 Å². The number of benzene rings is 1. The summed E-state index contributed by atoms with van der Waals surface area (Å²) in [4.78, 5) is 32.8. The van der Waals surface area contributed by atoms with Crippen molar-refractivity contribution < 1.29 is 18.4 Å². The molecule has 2 fully saturated rings. The van der Waals surface area contributed by atoms with Crippen molar-refractivity contribution in [2.45, 2.75) is 25.7 Å². The van der Waals surface area contributed by atoms with E-state index in [-0.39, 0.29) is 17.4 Å². The number of nitrogens with zero attached hydrogens (tertiary/aromatic N) is 3. The SMILES string of the molecule is O=C(Nc1ccc(N2CCN(C(=O)c3ccc(F)cc3F)CC2)nc1)C1CCCC1. The number of anilines is 2. The number of nitrogens with one attached hydrogen (secondary N) is 1. The van der Waals surface area contributed by atoms with Crippen LogP contribution in [0.1, 0.15) is 36.0 Å². The lowest BCUT2D eigenvalue weighted by molar-refractivity contribution is -0.119. The maximum Gasteiger partial charge on any atom is 0.256 e. The number of aromatic nitrogens is 1. The highest BCUT2D eigenvalue weighted by Gasteiger charge is 2.25. The Balaban J connectivity index is 1.32. The van der Waals surface area contributed by atoms with Gasteiger partial charge in [-0.3, -0.25) is 9.59 Å². The molecular formula is C22H24F2N4O2. The van der Waals surface area contributed by atoms with Crippen LogP contribution in [0.5, 0.6) is 0 Å². The summed E-state index contributed by atoms with van der Waals surface area (Å²) in [6, 6.07) is 6.67. The summed E-state index contributed by atoms with van der Waals surface area (Å²) in [5, 5.41) is 2.93. The number of pyridine rings is 1. The van der Waals surface area contributed by atoms with Gasteiger partial charge in [0.2, 0.25) is 5.91 Å². The van der Waals surface area contributed by atoms with Crippen LogP contribution in [-0.2, 0) is 4.79 Å². The molecule has 30 heavy (non-hydrogen) atoms. The molecule has 0 bridgehead atoms. The molecule has 2 aliphatic rings. The van der Waals surface area contributed by atoms with Gasteiger partial charge in [0, 0.05) is 38.2 Å². The molecular weight excluding hydrogens is 390 g/mol. The number of rotatable bonds is 4. The summed E-state index contributed by atoms with van der Waals surface area (Å²) in [6.45, 7) is 1.93. The monoisotopic (exact) mass is 414 g/mol. The third-order valence-corrected chi connectivity index (χ3v) is 5.79. The highest BCUT2D eigenvalue weighted by atomic mass is 19.1. The lowest BCUT2D eigenvalue weighted by Gasteiger charge is -2.35. The van der Waals surface area contributed by atoms with Gasteiger partial charge < -0.3 is 15.1 Å². The lowest BCUT2D eigenvalue weighted by Crippen LogP contribution is -2.49. The minimum atomic E-state index is -0.848. The van der Waals surface area contributed by atoms with Crippen LogP contribution in [0, 0.1) is 17.6 Å². The molecule has 1 N–H and O–H groups in total. The number of hydrogen-bond acceptors (Lipinski definition) is 4. The van der Waals surface area contributed by atoms with E-state index in [9.17, 15) is 18.4 Å². The smallest absolute Gasteiger partial charge is 0.256 e. The van der Waals surface area contributed by atoms with E-state index in [1.807, 2.05) is 17.0 Å². The van der Waals surface area contributed by atoms with Crippen LogP contribution < -0.4 is 10.2 Å². The topological polar surface area (TPSA) is 65.5 Å². The summed E-state index contributed by atoms with van der Waals surface area (Å²) < 4.78 is 27.0. The zero-order valence-electron chi connectivity index (χ0n) is 16.6. The van der Waals surface area contributed by atoms with Crippen molar-refractivity contribution in [2.24, 2.45) is 5.92 Å². The first-order valence-electron chi connectivity index (χ1n) is 10.3. The van der Waals surface area contributed by atoms with Gasteiger partial charge in [0.15, 0.2) is 0 Å². The van der Waals surface area contributed by atoms with Gasteiger partial charge in [0.1, 0.15) is 17.5 Å². The van der Waals surface area contributed by atoms with Crippen molar-refractivity contribution in [1.29, 1.82) is 0 Å². The number of piperazine rings is 1. The molecule has 1 aliphatic heterocycles. The third-order valence-electron chi connectivity index (χ3n) is 5.79. The molecule has 4 rings (SSSR count). The minimum absolute atomic E-state index is 0.0576. The molecule has 8 heteroatoms. The van der Waals surface area contributed by atoms with E-state index < -0.39 is 17.5 Å². The van der Waals surface area contributed by atoms with E-state index in [1.54, 1.807) is 11.1 Å². The Morgan fingerprint density at radius 1 is 1.00 bits per heavy atom. The zero-order valence-corrected chi connectivity index (χ0v) is 16.6. The maximum atomic E-state index is 13.9. The molecule has 0 spiro atoms. The van der Waals surface area contributed by atoms with Crippen LogP contribution in [0.25, 0.3) is 0 Å². The second kappa shape index (κ2) is 8.77. The Hall–Kier alpha value is -3.03. The Bertz CT molecular complexity index is 921. The van der Waals surface area contributed by atoms with Crippen molar-refractivity contribution in [3.63, 3.8) is 0 Å². The van der Waals surface area contributed by atoms with Crippen molar-refractivity contribution in [3.05, 3.63) is 53.7 Å². The standard InChI is InChI=1S/C22H24F2N4O2/c23-16-5-7-18(19(24)13-16)22(30)28-11-9-27(10-12-28)20-8-6-17(14-25-20)26-21(29)15-3-1-2-4-15/h5-8,13-15H,1-4,9-12H2,(H,26,29). The van der Waals surface area contributed by atoms with Crippen LogP contribution in [0.2, 0.25) is 0 Å². The van der Waals surface area contributed by atoms with Crippen molar-refractivity contribution in [2.75, 3.05) is 36.4 Å². The van der Waals surface area contributed by atoms with Gasteiger partial charge >= 0.3 is 0 Å². The Morgan fingerprint density at radius 3 is 2.37 bits per heavy atom. The molecule has 1 aromatic carbocycles. The molecule has 1 saturated carbocycles. The molecule has 1 aromatic heterocycles. The highest BCUT2D eigenvalue weighted by molar-refractivity contribution is 5.94. The molecule has 1 aliphatic carbocycles. The Labute approximate surface area is 173 Å². The quantitative estimate of drug-likeness (QED) is 0.832. The molecule has 0 unspecified atom stereocenters. The summed E-state index contributed by atoms with van der Waals surface area (Å²) in [6.07, 6.45) is 5.76. The summed E-state index contributed by atoms with van der Waals surface area (Å²) >= 11 is 0. The maximum absolute atomic E-state index is 13.9. The summed E-state index contributed by atoms with van der Waals surface area (Å²) in [5.41, 5.74) is 0.557. The normalized spacial score (nSPS) is 17.3. The van der Waals surface area contributed by atoms with Crippen LogP contribution in [0.3, 0.4) is 0 Å². The molecule has 1 saturated heterocycles. The molecule has 0 radical (unpaired) electrons. The lowest BCUT2D eigenvalue weighted by atomic mass is 10.1. The summed E-state index contributed by atoms with van der Waals surface area (Å²) in [7, 11) is 0. The van der Waals surface area contributed by atoms with Crippen molar-refractivity contribution in [3.8, 4) is 0 Å². The Morgan fingerprint density at radius 2 is 1.73 bits per heavy atom. The number of carbonyl (C=O) groups excluding carboxylic acids is 2. The first-order valence-corrected chi connectivity index (χ1v) is 10.3. The van der Waals surface area contributed by atoms with Gasteiger partial charge in [-0.05, 0) is 37.1 Å². The molecule has 2 heterocycles. The van der Waals surface area contributed by atoms with Gasteiger partial charge in [-0.2, -0.15) is 0 Å². The molecule has 2 aromatic rings. The number of carbonyl (C=O) groups is 2. The molecule has 0 atom stereocenters. The van der Waals surface area contributed by atoms with Gasteiger partial charge in [-0.25, -0.2) is 13.8 Å². The van der Waals surface area contributed by atoms with E-state index in [0.717, 1.165) is 43.6 Å². The van der Waals surface area contributed by atoms with Crippen LogP contribution in [-0.4, -0.2) is 47.9 Å². The predicted octanol–water partition coefficient (Wildman–Crippen LogP) is 3.45. The first-order chi connectivity index (χ1) is 14.5. The molecule has 2 amide bonds. The van der Waals surface area contributed by atoms with Gasteiger partial charge in [-0.15, -0.1) is 0 Å². The number of amides is 2. The first kappa shape index (κ1) is 20.3.